The van der Waals surface area contributed by atoms with Crippen LogP contribution in [-0.4, -0.2) is 0 Å². The van der Waals surface area contributed by atoms with Crippen molar-refractivity contribution in [1.82, 2.24) is 0 Å². The molecule has 1 aromatic rings. The van der Waals surface area contributed by atoms with Crippen LogP contribution >= 0.6 is 0 Å². The van der Waals surface area contributed by atoms with Crippen molar-refractivity contribution in [2.75, 3.05) is 0 Å². The second-order valence-electron chi connectivity index (χ2n) is 10.3. The molecule has 1 saturated carbocycles. The number of fused-ring (bicyclic) bond motifs is 1. The molecule has 0 heteroatoms. The molecule has 1 atom stereocenters. The second kappa shape index (κ2) is 8.65. The van der Waals surface area contributed by atoms with Crippen molar-refractivity contribution in [2.45, 2.75) is 65.2 Å². The number of hydrogen-bond donors (Lipinski definition) is 0. The topological polar surface area (TPSA) is 0 Å². The van der Waals surface area contributed by atoms with Crippen molar-refractivity contribution < 1.29 is 0 Å². The van der Waals surface area contributed by atoms with Crippen LogP contribution in [0.5, 0.6) is 0 Å². The molecule has 1 aromatic carbocycles. The van der Waals surface area contributed by atoms with E-state index < -0.39 is 0 Å². The van der Waals surface area contributed by atoms with Gasteiger partial charge >= 0.3 is 0 Å². The van der Waals surface area contributed by atoms with Crippen molar-refractivity contribution in [1.29, 1.82) is 0 Å². The molecule has 0 bridgehead atoms. The molecule has 31 heavy (non-hydrogen) atoms. The molecule has 0 saturated heterocycles. The van der Waals surface area contributed by atoms with Crippen LogP contribution in [0.4, 0.5) is 0 Å². The normalized spacial score (nSPS) is 27.2. The summed E-state index contributed by atoms with van der Waals surface area (Å²) in [4.78, 5) is 0. The summed E-state index contributed by atoms with van der Waals surface area (Å²) in [6, 6.07) is 7.31. The first kappa shape index (κ1) is 20.6. The first-order valence-corrected chi connectivity index (χ1v) is 12.4. The minimum Gasteiger partial charge on any atom is -0.0801 e. The van der Waals surface area contributed by atoms with Gasteiger partial charge in [-0.25, -0.2) is 0 Å². The molecule has 4 aliphatic carbocycles. The van der Waals surface area contributed by atoms with Crippen LogP contribution in [0.3, 0.4) is 0 Å². The van der Waals surface area contributed by atoms with Crippen LogP contribution in [0.1, 0.15) is 68.6 Å². The Balaban J connectivity index is 1.32. The molecule has 1 unspecified atom stereocenters. The van der Waals surface area contributed by atoms with E-state index in [1.54, 1.807) is 5.56 Å². The molecule has 0 nitrogen and oxygen atoms in total. The summed E-state index contributed by atoms with van der Waals surface area (Å²) in [5.74, 6) is 2.98. The number of allylic oxidation sites excluding steroid dienone is 12. The summed E-state index contributed by atoms with van der Waals surface area (Å²) in [6.07, 6.45) is 26.2. The predicted octanol–water partition coefficient (Wildman–Crippen LogP) is 8.33. The third kappa shape index (κ3) is 4.10. The minimum atomic E-state index is 0.436. The molecule has 5 rings (SSSR count). The predicted molar refractivity (Wildman–Crippen MR) is 133 cm³/mol. The summed E-state index contributed by atoms with van der Waals surface area (Å²) in [5.41, 5.74) is 10.4. The van der Waals surface area contributed by atoms with Crippen LogP contribution in [0, 0.1) is 24.7 Å². The fraction of sp³-hybridized carbons (Fsp3) is 0.419. The number of benzene rings is 1. The maximum atomic E-state index is 2.46. The Morgan fingerprint density at radius 3 is 2.52 bits per heavy atom. The lowest BCUT2D eigenvalue weighted by atomic mass is 9.74. The van der Waals surface area contributed by atoms with Crippen LogP contribution < -0.4 is 0 Å². The fourth-order valence-corrected chi connectivity index (χ4v) is 6.18. The van der Waals surface area contributed by atoms with Gasteiger partial charge in [0.25, 0.3) is 0 Å². The van der Waals surface area contributed by atoms with E-state index in [1.807, 2.05) is 0 Å². The Hall–Kier alpha value is -2.34. The minimum absolute atomic E-state index is 0.436. The molecular weight excluding hydrogens is 372 g/mol. The standard InChI is InChI=1S/C31H36/c1-21(2)24-12-14-26(15-13-24)28-17-11-23(19-22(28)3)20-27-16-18-30(25-7-4-5-8-25)31-10-6-9-29(27)31/h4,6-11,16-19,21,24,26,31H,5,12-15,20H2,1-3H3. The SMILES string of the molecule is Cc1cc(CC2=CC=C(C3=CCC=C3)C3C=CC=C23)ccc1C1CCC(C(C)C)CC1. The van der Waals surface area contributed by atoms with Gasteiger partial charge in [0.2, 0.25) is 0 Å². The Bertz CT molecular complexity index is 1030. The van der Waals surface area contributed by atoms with Gasteiger partial charge in [-0.05, 0) is 102 Å². The molecule has 0 aliphatic heterocycles. The van der Waals surface area contributed by atoms with E-state index in [0.29, 0.717) is 5.92 Å². The zero-order chi connectivity index (χ0) is 21.4. The summed E-state index contributed by atoms with van der Waals surface area (Å²) in [6.45, 7) is 7.12. The van der Waals surface area contributed by atoms with Crippen molar-refractivity contribution in [3.05, 3.63) is 106 Å². The fourth-order valence-electron chi connectivity index (χ4n) is 6.18. The van der Waals surface area contributed by atoms with Gasteiger partial charge in [0.1, 0.15) is 0 Å². The lowest BCUT2D eigenvalue weighted by molar-refractivity contribution is 0.258. The molecule has 0 radical (unpaired) electrons. The van der Waals surface area contributed by atoms with Crippen LogP contribution in [0.15, 0.2) is 89.1 Å². The van der Waals surface area contributed by atoms with Crippen LogP contribution in [-0.2, 0) is 6.42 Å². The zero-order valence-corrected chi connectivity index (χ0v) is 19.4. The average molecular weight is 409 g/mol. The number of rotatable bonds is 5. The molecule has 1 fully saturated rings. The molecule has 0 aromatic heterocycles. The first-order chi connectivity index (χ1) is 15.1. The number of aryl methyl sites for hydroxylation is 1. The van der Waals surface area contributed by atoms with Gasteiger partial charge in [0, 0.05) is 5.92 Å². The molecule has 160 valence electrons. The third-order valence-electron chi connectivity index (χ3n) is 8.07. The highest BCUT2D eigenvalue weighted by Gasteiger charge is 2.27. The lowest BCUT2D eigenvalue weighted by Crippen LogP contribution is -2.18. The van der Waals surface area contributed by atoms with E-state index in [0.717, 1.165) is 30.6 Å². The summed E-state index contributed by atoms with van der Waals surface area (Å²) in [5, 5.41) is 0. The molecule has 0 N–H and O–H groups in total. The van der Waals surface area contributed by atoms with E-state index in [4.69, 9.17) is 0 Å². The van der Waals surface area contributed by atoms with E-state index in [9.17, 15) is 0 Å². The monoisotopic (exact) mass is 408 g/mol. The van der Waals surface area contributed by atoms with Crippen molar-refractivity contribution in [3.63, 3.8) is 0 Å². The summed E-state index contributed by atoms with van der Waals surface area (Å²) < 4.78 is 0. The molecule has 0 heterocycles. The second-order valence-corrected chi connectivity index (χ2v) is 10.3. The quantitative estimate of drug-likeness (QED) is 0.459. The smallest absolute Gasteiger partial charge is 0.0281 e. The Kier molecular flexibility index (Phi) is 5.74. The van der Waals surface area contributed by atoms with Gasteiger partial charge in [-0.1, -0.05) is 80.7 Å². The Labute approximate surface area is 188 Å². The maximum Gasteiger partial charge on any atom is 0.0281 e. The Morgan fingerprint density at radius 1 is 0.968 bits per heavy atom. The summed E-state index contributed by atoms with van der Waals surface area (Å²) >= 11 is 0. The molecule has 4 aliphatic rings. The van der Waals surface area contributed by atoms with Gasteiger partial charge in [-0.2, -0.15) is 0 Å². The molecule has 0 amide bonds. The van der Waals surface area contributed by atoms with E-state index in [1.165, 1.54) is 59.1 Å². The summed E-state index contributed by atoms with van der Waals surface area (Å²) in [7, 11) is 0. The van der Waals surface area contributed by atoms with E-state index >= 15 is 0 Å². The van der Waals surface area contributed by atoms with E-state index in [2.05, 4.69) is 87.6 Å². The number of hydrogen-bond acceptors (Lipinski definition) is 0. The maximum absolute atomic E-state index is 2.46. The van der Waals surface area contributed by atoms with Gasteiger partial charge in [-0.3, -0.25) is 0 Å². The van der Waals surface area contributed by atoms with Gasteiger partial charge in [0.15, 0.2) is 0 Å². The van der Waals surface area contributed by atoms with Gasteiger partial charge < -0.3 is 0 Å². The largest absolute Gasteiger partial charge is 0.0801 e. The van der Waals surface area contributed by atoms with Crippen LogP contribution in [0.2, 0.25) is 0 Å². The highest BCUT2D eigenvalue weighted by molar-refractivity contribution is 5.61. The van der Waals surface area contributed by atoms with Crippen molar-refractivity contribution in [2.24, 2.45) is 17.8 Å². The van der Waals surface area contributed by atoms with Crippen molar-refractivity contribution in [3.8, 4) is 0 Å². The zero-order valence-electron chi connectivity index (χ0n) is 19.4. The lowest BCUT2D eigenvalue weighted by Gasteiger charge is -2.32. The van der Waals surface area contributed by atoms with E-state index in [-0.39, 0.29) is 0 Å². The highest BCUT2D eigenvalue weighted by Crippen LogP contribution is 2.42. The average Bonchev–Trinajstić information content (AvgIpc) is 3.47. The third-order valence-corrected chi connectivity index (χ3v) is 8.07. The van der Waals surface area contributed by atoms with Crippen molar-refractivity contribution >= 4 is 0 Å². The van der Waals surface area contributed by atoms with Crippen LogP contribution in [0.25, 0.3) is 0 Å². The molecule has 0 spiro atoms. The van der Waals surface area contributed by atoms with Gasteiger partial charge in [0.05, 0.1) is 0 Å². The first-order valence-electron chi connectivity index (χ1n) is 12.4. The Morgan fingerprint density at radius 2 is 1.81 bits per heavy atom. The van der Waals surface area contributed by atoms with Gasteiger partial charge in [-0.15, -0.1) is 0 Å². The molecular formula is C31H36. The highest BCUT2D eigenvalue weighted by atomic mass is 14.3.